The third kappa shape index (κ3) is 3.23. The normalized spacial score (nSPS) is 20.9. The minimum atomic E-state index is -0.548. The van der Waals surface area contributed by atoms with Crippen molar-refractivity contribution in [2.24, 2.45) is 0 Å². The molecule has 1 atom stereocenters. The van der Waals surface area contributed by atoms with Gasteiger partial charge in [0.05, 0.1) is 7.11 Å². The van der Waals surface area contributed by atoms with Crippen LogP contribution in [-0.4, -0.2) is 52.3 Å². The maximum Gasteiger partial charge on any atom is 0.407 e. The van der Waals surface area contributed by atoms with E-state index in [9.17, 15) is 9.59 Å². The fourth-order valence-electron chi connectivity index (χ4n) is 1.91. The van der Waals surface area contributed by atoms with Crippen LogP contribution in [0, 0.1) is 0 Å². The Kier molecular flexibility index (Phi) is 4.61. The van der Waals surface area contributed by atoms with E-state index >= 15 is 0 Å². The summed E-state index contributed by atoms with van der Waals surface area (Å²) in [5.74, 6) is 0.0113. The number of carbonyl (C=O) groups excluding carboxylic acids is 2. The molecule has 1 fully saturated rings. The van der Waals surface area contributed by atoms with Gasteiger partial charge < -0.3 is 15.0 Å². The number of ether oxygens (including phenoxy) is 1. The Balaban J connectivity index is 2.36. The molecule has 0 aromatic carbocycles. The van der Waals surface area contributed by atoms with Crippen molar-refractivity contribution in [2.45, 2.75) is 25.1 Å². The van der Waals surface area contributed by atoms with Crippen LogP contribution >= 0.6 is 0 Å². The molecule has 86 valence electrons. The Labute approximate surface area is 92.0 Å². The molecule has 1 N–H and O–H groups in total. The molecular formula is C9H18N2O3Si. The molecule has 1 aliphatic heterocycles. The Hall–Kier alpha value is -1.04. The van der Waals surface area contributed by atoms with Crippen molar-refractivity contribution in [1.82, 2.24) is 10.2 Å². The van der Waals surface area contributed by atoms with Gasteiger partial charge in [0.25, 0.3) is 0 Å². The highest BCUT2D eigenvalue weighted by Gasteiger charge is 2.27. The van der Waals surface area contributed by atoms with Crippen molar-refractivity contribution in [1.29, 1.82) is 0 Å². The van der Waals surface area contributed by atoms with Crippen molar-refractivity contribution < 1.29 is 14.3 Å². The van der Waals surface area contributed by atoms with Crippen LogP contribution in [-0.2, 0) is 9.53 Å². The van der Waals surface area contributed by atoms with Gasteiger partial charge in [0.15, 0.2) is 0 Å². The number of methoxy groups -OCH3 is 1. The summed E-state index contributed by atoms with van der Waals surface area (Å²) in [6, 6.07) is 0. The Bertz CT molecular complexity index is 248. The second-order valence-electron chi connectivity index (χ2n) is 3.64. The van der Waals surface area contributed by atoms with Gasteiger partial charge in [-0.05, 0) is 12.8 Å². The van der Waals surface area contributed by atoms with E-state index in [-0.39, 0.29) is 22.0 Å². The van der Waals surface area contributed by atoms with Gasteiger partial charge >= 0.3 is 6.09 Å². The van der Waals surface area contributed by atoms with Gasteiger partial charge in [0, 0.05) is 21.7 Å². The largest absolute Gasteiger partial charge is 0.453 e. The lowest BCUT2D eigenvalue weighted by Crippen LogP contribution is -2.44. The van der Waals surface area contributed by atoms with E-state index in [2.05, 4.69) is 16.6 Å². The quantitative estimate of drug-likeness (QED) is 0.666. The third-order valence-corrected chi connectivity index (χ3v) is 4.53. The van der Waals surface area contributed by atoms with Crippen LogP contribution in [0.1, 0.15) is 12.8 Å². The van der Waals surface area contributed by atoms with Gasteiger partial charge in [0.2, 0.25) is 5.91 Å². The van der Waals surface area contributed by atoms with E-state index in [1.165, 1.54) is 7.11 Å². The van der Waals surface area contributed by atoms with Gasteiger partial charge in [-0.1, -0.05) is 6.55 Å². The van der Waals surface area contributed by atoms with E-state index in [1.807, 2.05) is 4.90 Å². The van der Waals surface area contributed by atoms with Crippen molar-refractivity contribution in [3.8, 4) is 0 Å². The topological polar surface area (TPSA) is 58.6 Å². The number of nitrogens with zero attached hydrogens (tertiary/aromatic N) is 1. The lowest BCUT2D eigenvalue weighted by Gasteiger charge is -2.23. The number of amides is 2. The van der Waals surface area contributed by atoms with Gasteiger partial charge in [0.1, 0.15) is 6.54 Å². The summed E-state index contributed by atoms with van der Waals surface area (Å²) in [5.41, 5.74) is 0.483. The van der Waals surface area contributed by atoms with Crippen molar-refractivity contribution in [3.05, 3.63) is 0 Å². The summed E-state index contributed by atoms with van der Waals surface area (Å²) in [5, 5.41) is 2.42. The summed E-state index contributed by atoms with van der Waals surface area (Å²) < 4.78 is 4.40. The number of hydrogen-bond acceptors (Lipinski definition) is 3. The van der Waals surface area contributed by atoms with Gasteiger partial charge in [-0.15, -0.1) is 0 Å². The molecule has 6 heteroatoms. The standard InChI is InChI=1S/C9H18N2O3Si/c1-14-9(13)10-6-7(12)11-5-3-4-8(11)15-2/h8H,3-6,15H2,1-2H3,(H,10,13). The fraction of sp³-hybridized carbons (Fsp3) is 0.778. The van der Waals surface area contributed by atoms with Gasteiger partial charge in [-0.2, -0.15) is 0 Å². The second kappa shape index (κ2) is 5.74. The summed E-state index contributed by atoms with van der Waals surface area (Å²) in [6.45, 7) is 3.11. The molecule has 0 bridgehead atoms. The zero-order valence-corrected chi connectivity index (χ0v) is 10.7. The molecule has 15 heavy (non-hydrogen) atoms. The monoisotopic (exact) mass is 230 g/mol. The van der Waals surface area contributed by atoms with E-state index in [0.717, 1.165) is 19.4 Å². The van der Waals surface area contributed by atoms with Crippen LogP contribution in [0.5, 0.6) is 0 Å². The number of rotatable bonds is 3. The highest BCUT2D eigenvalue weighted by atomic mass is 28.2. The Morgan fingerprint density at radius 2 is 2.33 bits per heavy atom. The first kappa shape index (κ1) is 12.0. The van der Waals surface area contributed by atoms with E-state index < -0.39 is 6.09 Å². The SMILES string of the molecule is COC(=O)NCC(=O)N1CCCC1[SiH2]C. The first-order chi connectivity index (χ1) is 7.19. The molecule has 1 unspecified atom stereocenters. The van der Waals surface area contributed by atoms with E-state index in [1.54, 1.807) is 0 Å². The molecule has 0 aliphatic carbocycles. The maximum absolute atomic E-state index is 11.7. The Morgan fingerprint density at radius 1 is 1.60 bits per heavy atom. The highest BCUT2D eigenvalue weighted by Crippen LogP contribution is 2.15. The van der Waals surface area contributed by atoms with E-state index in [0.29, 0.717) is 5.67 Å². The average molecular weight is 230 g/mol. The summed E-state index contributed by atoms with van der Waals surface area (Å²) >= 11 is 0. The first-order valence-electron chi connectivity index (χ1n) is 5.30. The molecule has 2 amide bonds. The molecule has 0 aromatic heterocycles. The summed E-state index contributed by atoms with van der Waals surface area (Å²) in [4.78, 5) is 24.4. The fourth-order valence-corrected chi connectivity index (χ4v) is 3.43. The molecule has 0 saturated carbocycles. The summed E-state index contributed by atoms with van der Waals surface area (Å²) in [7, 11) is 1.11. The van der Waals surface area contributed by atoms with Crippen LogP contribution in [0.15, 0.2) is 0 Å². The van der Waals surface area contributed by atoms with Crippen molar-refractivity contribution >= 4 is 21.5 Å². The molecule has 0 radical (unpaired) electrons. The number of alkyl carbamates (subject to hydrolysis) is 1. The number of carbonyl (C=O) groups is 2. The van der Waals surface area contributed by atoms with Crippen LogP contribution in [0.4, 0.5) is 4.79 Å². The highest BCUT2D eigenvalue weighted by molar-refractivity contribution is 6.36. The van der Waals surface area contributed by atoms with Crippen LogP contribution in [0.3, 0.4) is 0 Å². The van der Waals surface area contributed by atoms with Crippen LogP contribution < -0.4 is 5.32 Å². The lowest BCUT2D eigenvalue weighted by atomic mass is 10.4. The molecule has 1 rings (SSSR count). The third-order valence-electron chi connectivity index (χ3n) is 2.74. The number of hydrogen-bond donors (Lipinski definition) is 1. The van der Waals surface area contributed by atoms with Crippen molar-refractivity contribution in [2.75, 3.05) is 20.2 Å². The maximum atomic E-state index is 11.7. The first-order valence-corrected chi connectivity index (χ1v) is 7.53. The molecule has 0 spiro atoms. The molecule has 0 aromatic rings. The minimum absolute atomic E-state index is 0.0113. The molecular weight excluding hydrogens is 212 g/mol. The number of likely N-dealkylation sites (tertiary alicyclic amines) is 1. The van der Waals surface area contributed by atoms with Crippen LogP contribution in [0.25, 0.3) is 0 Å². The number of nitrogens with one attached hydrogen (secondary N) is 1. The predicted octanol–water partition coefficient (Wildman–Crippen LogP) is -0.492. The zero-order valence-electron chi connectivity index (χ0n) is 9.28. The Morgan fingerprint density at radius 3 is 2.93 bits per heavy atom. The lowest BCUT2D eigenvalue weighted by molar-refractivity contribution is -0.129. The molecule has 1 aliphatic rings. The van der Waals surface area contributed by atoms with Gasteiger partial charge in [-0.3, -0.25) is 4.79 Å². The molecule has 1 heterocycles. The molecule has 1 saturated heterocycles. The van der Waals surface area contributed by atoms with Crippen molar-refractivity contribution in [3.63, 3.8) is 0 Å². The molecule has 5 nitrogen and oxygen atoms in total. The minimum Gasteiger partial charge on any atom is -0.453 e. The predicted molar refractivity (Wildman–Crippen MR) is 59.6 cm³/mol. The average Bonchev–Trinajstić information content (AvgIpc) is 2.73. The van der Waals surface area contributed by atoms with Gasteiger partial charge in [-0.25, -0.2) is 4.79 Å². The second-order valence-corrected chi connectivity index (χ2v) is 5.40. The van der Waals surface area contributed by atoms with E-state index in [4.69, 9.17) is 0 Å². The zero-order chi connectivity index (χ0) is 11.3. The smallest absolute Gasteiger partial charge is 0.407 e. The van der Waals surface area contributed by atoms with Crippen LogP contribution in [0.2, 0.25) is 6.55 Å². The summed E-state index contributed by atoms with van der Waals surface area (Å²) in [6.07, 6.45) is 1.68.